The Balaban J connectivity index is 1.87. The summed E-state index contributed by atoms with van der Waals surface area (Å²) in [6.45, 7) is 2.33. The Bertz CT molecular complexity index is 197. The van der Waals surface area contributed by atoms with Gasteiger partial charge in [-0.2, -0.15) is 0 Å². The summed E-state index contributed by atoms with van der Waals surface area (Å²) < 4.78 is 0. The van der Waals surface area contributed by atoms with Crippen LogP contribution in [0.4, 0.5) is 0 Å². The van der Waals surface area contributed by atoms with E-state index in [1.54, 1.807) is 0 Å². The molecule has 2 heteroatoms. The molecule has 2 fully saturated rings. The molecule has 3 unspecified atom stereocenters. The van der Waals surface area contributed by atoms with Gasteiger partial charge in [-0.3, -0.25) is 0 Å². The lowest BCUT2D eigenvalue weighted by Gasteiger charge is -2.39. The van der Waals surface area contributed by atoms with Crippen molar-refractivity contribution in [3.05, 3.63) is 0 Å². The molecule has 0 spiro atoms. The molecule has 0 aliphatic heterocycles. The Labute approximate surface area is 104 Å². The van der Waals surface area contributed by atoms with Gasteiger partial charge in [0.2, 0.25) is 0 Å². The highest BCUT2D eigenvalue weighted by molar-refractivity contribution is 6.21. The molecule has 0 amide bonds. The molecule has 2 saturated carbocycles. The summed E-state index contributed by atoms with van der Waals surface area (Å²) in [7, 11) is 0. The average Bonchev–Trinajstić information content (AvgIpc) is 2.20. The van der Waals surface area contributed by atoms with E-state index in [1.165, 1.54) is 44.9 Å². The van der Waals surface area contributed by atoms with E-state index in [1.807, 2.05) is 0 Å². The van der Waals surface area contributed by atoms with Gasteiger partial charge in [-0.25, -0.2) is 0 Å². The smallest absolute Gasteiger partial charge is 0.0369 e. The Morgan fingerprint density at radius 1 is 0.867 bits per heavy atom. The molecule has 88 valence electrons. The minimum atomic E-state index is 0.436. The number of hydrogen-bond donors (Lipinski definition) is 0. The van der Waals surface area contributed by atoms with Gasteiger partial charge in [0.1, 0.15) is 0 Å². The minimum absolute atomic E-state index is 0.436. The van der Waals surface area contributed by atoms with Crippen molar-refractivity contribution < 1.29 is 0 Å². The van der Waals surface area contributed by atoms with Crippen LogP contribution in [0.1, 0.15) is 51.9 Å². The van der Waals surface area contributed by atoms with E-state index in [-0.39, 0.29) is 0 Å². The van der Waals surface area contributed by atoms with Gasteiger partial charge in [-0.15, -0.1) is 23.2 Å². The van der Waals surface area contributed by atoms with Gasteiger partial charge >= 0.3 is 0 Å². The molecule has 0 aromatic heterocycles. The summed E-state index contributed by atoms with van der Waals surface area (Å²) >= 11 is 12.7. The fraction of sp³-hybridized carbons (Fsp3) is 1.00. The largest absolute Gasteiger partial charge is 0.123 e. The first-order valence-electron chi connectivity index (χ1n) is 6.45. The summed E-state index contributed by atoms with van der Waals surface area (Å²) in [5.41, 5.74) is 0. The Kier molecular flexibility index (Phi) is 4.24. The van der Waals surface area contributed by atoms with Crippen LogP contribution >= 0.6 is 23.2 Å². The van der Waals surface area contributed by atoms with Crippen LogP contribution in [0.25, 0.3) is 0 Å². The van der Waals surface area contributed by atoms with Crippen molar-refractivity contribution in [1.29, 1.82) is 0 Å². The van der Waals surface area contributed by atoms with Crippen molar-refractivity contribution in [3.63, 3.8) is 0 Å². The van der Waals surface area contributed by atoms with Crippen LogP contribution in [0.3, 0.4) is 0 Å². The molecule has 0 N–H and O–H groups in total. The lowest BCUT2D eigenvalue weighted by atomic mass is 9.71. The second-order valence-corrected chi connectivity index (χ2v) is 6.79. The summed E-state index contributed by atoms with van der Waals surface area (Å²) in [4.78, 5) is 0. The molecule has 2 aliphatic carbocycles. The van der Waals surface area contributed by atoms with Crippen LogP contribution in [-0.2, 0) is 0 Å². The second kappa shape index (κ2) is 5.27. The Hall–Kier alpha value is 0.580. The summed E-state index contributed by atoms with van der Waals surface area (Å²) in [6, 6.07) is 0. The summed E-state index contributed by atoms with van der Waals surface area (Å²) in [5.74, 6) is 2.50. The van der Waals surface area contributed by atoms with E-state index in [0.717, 1.165) is 17.8 Å². The van der Waals surface area contributed by atoms with Crippen molar-refractivity contribution in [2.75, 3.05) is 0 Å². The minimum Gasteiger partial charge on any atom is -0.123 e. The zero-order valence-electron chi connectivity index (χ0n) is 9.59. The number of halogens is 2. The molecule has 0 radical (unpaired) electrons. The van der Waals surface area contributed by atoms with Crippen molar-refractivity contribution in [1.82, 2.24) is 0 Å². The highest BCUT2D eigenvalue weighted by Crippen LogP contribution is 2.42. The van der Waals surface area contributed by atoms with Crippen molar-refractivity contribution in [2.45, 2.75) is 62.6 Å². The Morgan fingerprint density at radius 3 is 2.13 bits per heavy atom. The van der Waals surface area contributed by atoms with Gasteiger partial charge in [-0.05, 0) is 56.3 Å². The first kappa shape index (κ1) is 12.0. The van der Waals surface area contributed by atoms with Crippen molar-refractivity contribution in [3.8, 4) is 0 Å². The van der Waals surface area contributed by atoms with E-state index < -0.39 is 0 Å². The quantitative estimate of drug-likeness (QED) is 0.584. The zero-order valence-corrected chi connectivity index (χ0v) is 11.1. The van der Waals surface area contributed by atoms with Gasteiger partial charge in [0.25, 0.3) is 0 Å². The standard InChI is InChI=1S/C13H22Cl2/c1-9-2-7-12(13(15)8-9)10-3-5-11(14)6-4-10/h9-13H,2-8H2,1H3. The van der Waals surface area contributed by atoms with Crippen molar-refractivity contribution >= 4 is 23.2 Å². The number of alkyl halides is 2. The van der Waals surface area contributed by atoms with E-state index in [2.05, 4.69) is 6.92 Å². The van der Waals surface area contributed by atoms with Crippen LogP contribution in [-0.4, -0.2) is 10.8 Å². The average molecular weight is 249 g/mol. The van der Waals surface area contributed by atoms with Crippen molar-refractivity contribution in [2.24, 2.45) is 17.8 Å². The molecule has 0 bridgehead atoms. The normalized spacial score (nSPS) is 47.8. The number of hydrogen-bond acceptors (Lipinski definition) is 0. The second-order valence-electron chi connectivity index (χ2n) is 5.61. The first-order chi connectivity index (χ1) is 7.16. The lowest BCUT2D eigenvalue weighted by Crippen LogP contribution is -2.32. The first-order valence-corrected chi connectivity index (χ1v) is 7.32. The fourth-order valence-electron chi connectivity index (χ4n) is 3.37. The molecule has 3 atom stereocenters. The third-order valence-electron chi connectivity index (χ3n) is 4.39. The molecule has 2 rings (SSSR count). The molecular formula is C13H22Cl2. The maximum absolute atomic E-state index is 6.51. The topological polar surface area (TPSA) is 0 Å². The van der Waals surface area contributed by atoms with Gasteiger partial charge in [-0.1, -0.05) is 13.3 Å². The predicted molar refractivity (Wildman–Crippen MR) is 67.7 cm³/mol. The van der Waals surface area contributed by atoms with Gasteiger partial charge in [0.05, 0.1) is 0 Å². The highest BCUT2D eigenvalue weighted by atomic mass is 35.5. The molecule has 0 nitrogen and oxygen atoms in total. The maximum atomic E-state index is 6.51. The zero-order chi connectivity index (χ0) is 10.8. The van der Waals surface area contributed by atoms with Crippen LogP contribution in [0, 0.1) is 17.8 Å². The van der Waals surface area contributed by atoms with E-state index >= 15 is 0 Å². The third kappa shape index (κ3) is 3.03. The molecule has 0 saturated heterocycles. The highest BCUT2D eigenvalue weighted by Gasteiger charge is 2.34. The molecule has 2 aliphatic rings. The van der Waals surface area contributed by atoms with Gasteiger partial charge < -0.3 is 0 Å². The van der Waals surface area contributed by atoms with Gasteiger partial charge in [0, 0.05) is 10.8 Å². The number of rotatable bonds is 1. The predicted octanol–water partition coefficient (Wildman–Crippen LogP) is 4.83. The van der Waals surface area contributed by atoms with E-state index in [0.29, 0.717) is 10.8 Å². The van der Waals surface area contributed by atoms with Gasteiger partial charge in [0.15, 0.2) is 0 Å². The van der Waals surface area contributed by atoms with Crippen LogP contribution in [0.2, 0.25) is 0 Å². The Morgan fingerprint density at radius 2 is 1.53 bits per heavy atom. The fourth-order valence-corrected chi connectivity index (χ4v) is 4.26. The lowest BCUT2D eigenvalue weighted by molar-refractivity contribution is 0.178. The van der Waals surface area contributed by atoms with Crippen LogP contribution in [0.15, 0.2) is 0 Å². The third-order valence-corrected chi connectivity index (χ3v) is 5.33. The maximum Gasteiger partial charge on any atom is 0.0369 e. The summed E-state index contributed by atoms with van der Waals surface area (Å²) in [5, 5.41) is 0.878. The molecule has 15 heavy (non-hydrogen) atoms. The summed E-state index contributed by atoms with van der Waals surface area (Å²) in [6.07, 6.45) is 9.02. The van der Waals surface area contributed by atoms with E-state index in [4.69, 9.17) is 23.2 Å². The van der Waals surface area contributed by atoms with Crippen LogP contribution < -0.4 is 0 Å². The molecular weight excluding hydrogens is 227 g/mol. The monoisotopic (exact) mass is 248 g/mol. The SMILES string of the molecule is CC1CCC(C2CCC(Cl)CC2)C(Cl)C1. The molecule has 0 aromatic rings. The van der Waals surface area contributed by atoms with E-state index in [9.17, 15) is 0 Å². The van der Waals surface area contributed by atoms with Crippen LogP contribution in [0.5, 0.6) is 0 Å². The molecule has 0 aromatic carbocycles. The molecule has 0 heterocycles.